The number of nitriles is 1. The number of ether oxygens (including phenoxy) is 11. The van der Waals surface area contributed by atoms with Crippen molar-refractivity contribution in [2.24, 2.45) is 10.7 Å². The predicted molar refractivity (Wildman–Crippen MR) is 289 cm³/mol. The molecule has 0 spiro atoms. The molecule has 1 heterocycles. The largest absolute Gasteiger partial charge is 0.420 e. The molecule has 82 heavy (non-hydrogen) atoms. The zero-order valence-electron chi connectivity index (χ0n) is 46.2. The number of hydroxylamine groups is 2. The number of rotatable bonds is 44. The van der Waals surface area contributed by atoms with Gasteiger partial charge in [0.25, 0.3) is 0 Å². The van der Waals surface area contributed by atoms with E-state index in [0.29, 0.717) is 135 Å². The lowest BCUT2D eigenvalue weighted by atomic mass is 9.97. The molecule has 3 aromatic carbocycles. The number of allylic oxidation sites excluding steroid dienone is 1. The van der Waals surface area contributed by atoms with Gasteiger partial charge >= 0.3 is 16.1 Å². The number of amidine groups is 1. The summed E-state index contributed by atoms with van der Waals surface area (Å²) in [5, 5.41) is 14.6. The summed E-state index contributed by atoms with van der Waals surface area (Å²) in [6, 6.07) is 13.7. The highest BCUT2D eigenvalue weighted by Crippen LogP contribution is 2.35. The highest BCUT2D eigenvalue weighted by atomic mass is 32.2. The molecule has 1 aliphatic rings. The average molecular weight is 1180 g/mol. The molecular formula is C55H73F4N5O17S. The summed E-state index contributed by atoms with van der Waals surface area (Å²) < 4.78 is 145. The molecule has 0 aromatic heterocycles. The highest BCUT2D eigenvalue weighted by molar-refractivity contribution is 7.85. The van der Waals surface area contributed by atoms with Crippen molar-refractivity contribution >= 4 is 39.6 Å². The molecule has 4 rings (SSSR count). The number of nitrogens with one attached hydrogen (secondary N) is 1. The Labute approximate surface area is 475 Å². The van der Waals surface area contributed by atoms with Crippen molar-refractivity contribution in [2.45, 2.75) is 51.0 Å². The first-order chi connectivity index (χ1) is 39.6. The van der Waals surface area contributed by atoms with Crippen molar-refractivity contribution < 1.29 is 97.1 Å². The minimum absolute atomic E-state index is 0.0154. The Bertz CT molecular complexity index is 2680. The molecule has 22 nitrogen and oxygen atoms in total. The van der Waals surface area contributed by atoms with E-state index < -0.39 is 56.4 Å². The number of hydrogen-bond donors (Lipinski definition) is 3. The summed E-state index contributed by atoms with van der Waals surface area (Å²) >= 11 is 0. The topological polar surface area (TPSA) is 277 Å². The van der Waals surface area contributed by atoms with Gasteiger partial charge in [-0.15, -0.1) is 0 Å². The van der Waals surface area contributed by atoms with Crippen molar-refractivity contribution in [1.29, 1.82) is 5.26 Å². The van der Waals surface area contributed by atoms with Crippen LogP contribution in [0, 0.1) is 34.6 Å². The number of halogens is 4. The third-order valence-corrected chi connectivity index (χ3v) is 12.2. The van der Waals surface area contributed by atoms with Gasteiger partial charge in [-0.1, -0.05) is 37.8 Å². The molecule has 4 N–H and O–H groups in total. The van der Waals surface area contributed by atoms with Crippen molar-refractivity contribution in [2.75, 3.05) is 145 Å². The minimum atomic E-state index is -5.65. The zero-order chi connectivity index (χ0) is 59.5. The molecule has 0 atom stereocenters. The second-order valence-corrected chi connectivity index (χ2v) is 18.8. The Balaban J connectivity index is 0.882. The number of hydrogen-bond acceptors (Lipinski definition) is 20. The van der Waals surface area contributed by atoms with Crippen molar-refractivity contribution in [3.8, 4) is 22.9 Å². The number of amides is 1. The number of nitrogens with zero attached hydrogens (tertiary/aromatic N) is 3. The number of benzene rings is 3. The fourth-order valence-corrected chi connectivity index (χ4v) is 7.95. The first-order valence-corrected chi connectivity index (χ1v) is 27.9. The second kappa shape index (κ2) is 38.7. The average Bonchev–Trinajstić information content (AvgIpc) is 3.81. The van der Waals surface area contributed by atoms with Crippen LogP contribution in [-0.2, 0) is 78.5 Å². The molecular weight excluding hydrogens is 1110 g/mol. The van der Waals surface area contributed by atoms with E-state index >= 15 is 0 Å². The Morgan fingerprint density at radius 2 is 1.15 bits per heavy atom. The van der Waals surface area contributed by atoms with Crippen LogP contribution in [0.4, 0.5) is 23.2 Å². The monoisotopic (exact) mass is 1180 g/mol. The van der Waals surface area contributed by atoms with E-state index in [1.807, 2.05) is 43.3 Å². The third-order valence-electron chi connectivity index (χ3n) is 11.3. The molecule has 0 saturated carbocycles. The van der Waals surface area contributed by atoms with Gasteiger partial charge in [0, 0.05) is 31.5 Å². The Morgan fingerprint density at radius 1 is 0.695 bits per heavy atom. The fourth-order valence-electron chi connectivity index (χ4n) is 7.32. The Kier molecular flexibility index (Phi) is 32.4. The third kappa shape index (κ3) is 24.9. The molecule has 0 fully saturated rings. The van der Waals surface area contributed by atoms with E-state index in [4.69, 9.17) is 62.5 Å². The van der Waals surface area contributed by atoms with Crippen LogP contribution in [0.5, 0.6) is 5.75 Å². The van der Waals surface area contributed by atoms with Gasteiger partial charge in [0.1, 0.15) is 5.84 Å². The van der Waals surface area contributed by atoms with Crippen LogP contribution in [-0.4, -0.2) is 181 Å². The van der Waals surface area contributed by atoms with Gasteiger partial charge in [-0.05, 0) is 53.8 Å². The van der Waals surface area contributed by atoms with Gasteiger partial charge in [0.2, 0.25) is 23.3 Å². The quantitative estimate of drug-likeness (QED) is 0.0109. The van der Waals surface area contributed by atoms with Crippen LogP contribution < -0.4 is 15.8 Å². The van der Waals surface area contributed by atoms with Crippen LogP contribution in [0.2, 0.25) is 0 Å². The summed E-state index contributed by atoms with van der Waals surface area (Å²) in [6.45, 7) is 15.4. The first-order valence-electron chi connectivity index (χ1n) is 26.5. The van der Waals surface area contributed by atoms with Crippen LogP contribution in [0.25, 0.3) is 17.2 Å². The molecule has 0 unspecified atom stereocenters. The fraction of sp³-hybridized carbons (Fsp3) is 0.527. The molecule has 0 radical (unpaired) electrons. The Morgan fingerprint density at radius 3 is 1.60 bits per heavy atom. The summed E-state index contributed by atoms with van der Waals surface area (Å²) in [5.74, 6) is -12.4. The van der Waals surface area contributed by atoms with Gasteiger partial charge in [0.15, 0.2) is 16.5 Å². The van der Waals surface area contributed by atoms with Crippen molar-refractivity contribution in [1.82, 2.24) is 10.4 Å². The smallest absolute Gasteiger partial charge is 0.313 e. The van der Waals surface area contributed by atoms with Gasteiger partial charge in [-0.2, -0.15) is 22.5 Å². The molecule has 0 saturated heterocycles. The SMILES string of the molecule is C=C(C1=Cc2ccc(-c3ccc(CNC(=O)CCOCCOCCOCCOCCOCCOCCOCCOCCOCCOCCC(=O)Oc4c(F)c(F)c(S(=O)(=O)O)c(F)c4F)c(C#N)c3)cc2N=C(N)C1)N(CCC)OCC. The van der Waals surface area contributed by atoms with E-state index in [0.717, 1.165) is 34.4 Å². The van der Waals surface area contributed by atoms with Crippen LogP contribution >= 0.6 is 0 Å². The van der Waals surface area contributed by atoms with Gasteiger partial charge in [-0.3, -0.25) is 24.0 Å². The number of carbonyl (C=O) groups is 2. The number of aliphatic imine (C=N–C) groups is 1. The maximum absolute atomic E-state index is 14.0. The van der Waals surface area contributed by atoms with Crippen molar-refractivity contribution in [3.63, 3.8) is 0 Å². The summed E-state index contributed by atoms with van der Waals surface area (Å²) in [7, 11) is -5.65. The molecule has 1 amide bonds. The number of esters is 1. The standard InChI is InChI=1S/C55H73F4N5O17S/c1-4-12-64(80-5-2)39(3)44-34-42-8-6-41(35-46(42)63-47(61)36-44)40-7-9-43(45(33-40)37-60)38-62-48(65)10-13-70-15-17-72-19-21-74-23-25-76-27-29-78-31-32-79-30-28-77-26-24-75-22-20-73-18-16-71-14-11-49(66)81-54-50(56)52(58)55(82(67,68)69)53(59)51(54)57/h6-9,33-35H,3-5,10-32,36,38H2,1-2H3,(H2,61,63)(H,62,65)(H,67,68,69). The van der Waals surface area contributed by atoms with Crippen LogP contribution in [0.15, 0.2) is 64.1 Å². The maximum Gasteiger partial charge on any atom is 0.313 e. The lowest BCUT2D eigenvalue weighted by Crippen LogP contribution is -2.26. The van der Waals surface area contributed by atoms with Gasteiger partial charge < -0.3 is 63.2 Å². The molecule has 3 aromatic rings. The van der Waals surface area contributed by atoms with E-state index in [1.165, 1.54) is 0 Å². The lowest BCUT2D eigenvalue weighted by molar-refractivity contribution is -0.136. The number of fused-ring (bicyclic) bond motifs is 1. The normalized spacial score (nSPS) is 12.3. The van der Waals surface area contributed by atoms with E-state index in [-0.39, 0.29) is 58.5 Å². The Hall–Kier alpha value is -5.97. The predicted octanol–water partition coefficient (Wildman–Crippen LogP) is 6.15. The van der Waals surface area contributed by atoms with E-state index in [9.17, 15) is 40.8 Å². The summed E-state index contributed by atoms with van der Waals surface area (Å²) in [4.78, 5) is 32.6. The van der Waals surface area contributed by atoms with Crippen molar-refractivity contribution in [3.05, 3.63) is 94.2 Å². The lowest BCUT2D eigenvalue weighted by Gasteiger charge is -2.26. The van der Waals surface area contributed by atoms with E-state index in [1.54, 1.807) is 11.1 Å². The first kappa shape index (κ1) is 68.5. The minimum Gasteiger partial charge on any atom is -0.420 e. The number of carbonyl (C=O) groups excluding carboxylic acids is 2. The second-order valence-electron chi connectivity index (χ2n) is 17.4. The number of nitrogens with two attached hydrogens (primary N) is 1. The van der Waals surface area contributed by atoms with Crippen LogP contribution in [0.1, 0.15) is 56.2 Å². The van der Waals surface area contributed by atoms with Gasteiger partial charge in [0.05, 0.1) is 168 Å². The zero-order valence-corrected chi connectivity index (χ0v) is 47.0. The van der Waals surface area contributed by atoms with Crippen LogP contribution in [0.3, 0.4) is 0 Å². The molecule has 1 aliphatic heterocycles. The molecule has 0 aliphatic carbocycles. The molecule has 454 valence electrons. The van der Waals surface area contributed by atoms with Gasteiger partial charge in [-0.25, -0.2) is 13.8 Å². The van der Waals surface area contributed by atoms with E-state index in [2.05, 4.69) is 34.6 Å². The summed E-state index contributed by atoms with van der Waals surface area (Å²) in [5.41, 5.74) is 12.5. The highest BCUT2D eigenvalue weighted by Gasteiger charge is 2.34. The molecule has 27 heteroatoms. The molecule has 0 bridgehead atoms. The maximum atomic E-state index is 14.0. The summed E-state index contributed by atoms with van der Waals surface area (Å²) in [6.07, 6.45) is 2.94.